The summed E-state index contributed by atoms with van der Waals surface area (Å²) in [7, 11) is 3.09. The van der Waals surface area contributed by atoms with Crippen molar-refractivity contribution in [3.8, 4) is 11.5 Å². The topological polar surface area (TPSA) is 54.9 Å². The number of hydrogen-bond acceptors (Lipinski definition) is 5. The number of ether oxygens (including phenoxy) is 2. The van der Waals surface area contributed by atoms with E-state index in [0.717, 1.165) is 18.8 Å². The van der Waals surface area contributed by atoms with E-state index >= 15 is 0 Å². The lowest BCUT2D eigenvalue weighted by Crippen LogP contribution is -2.48. The molecular weight excluding hydrogens is 366 g/mol. The van der Waals surface area contributed by atoms with Crippen LogP contribution in [0.4, 0.5) is 5.69 Å². The van der Waals surface area contributed by atoms with Crippen LogP contribution in [0.2, 0.25) is 5.02 Å². The molecule has 1 amide bonds. The summed E-state index contributed by atoms with van der Waals surface area (Å²) in [5, 5.41) is 0.420. The third kappa shape index (κ3) is 4.34. The fourth-order valence-electron chi connectivity index (χ4n) is 3.04. The Balaban J connectivity index is 1.63. The number of nitrogens with zero attached hydrogens (tertiary/aromatic N) is 3. The zero-order chi connectivity index (χ0) is 19.2. The van der Waals surface area contributed by atoms with Crippen LogP contribution >= 0.6 is 11.6 Å². The van der Waals surface area contributed by atoms with E-state index in [1.54, 1.807) is 43.8 Å². The number of halogens is 1. The second-order valence-electron chi connectivity index (χ2n) is 6.06. The molecule has 0 unspecified atom stereocenters. The Hall–Kier alpha value is -2.73. The van der Waals surface area contributed by atoms with Crippen LogP contribution in [0.1, 0.15) is 5.56 Å². The minimum absolute atomic E-state index is 0.0322. The molecule has 1 aliphatic heterocycles. The lowest BCUT2D eigenvalue weighted by atomic mass is 10.1. The molecule has 0 bridgehead atoms. The van der Waals surface area contributed by atoms with Gasteiger partial charge in [0.25, 0.3) is 0 Å². The Morgan fingerprint density at radius 2 is 1.78 bits per heavy atom. The third-order valence-corrected chi connectivity index (χ3v) is 4.93. The SMILES string of the molecule is COc1ccc(C=CC(=O)N2CCN(c3ccncc3)CC2)c(Cl)c1OC. The molecule has 2 heterocycles. The van der Waals surface area contributed by atoms with Gasteiger partial charge in [0.15, 0.2) is 11.5 Å². The summed E-state index contributed by atoms with van der Waals surface area (Å²) >= 11 is 6.36. The Kier molecular flexibility index (Phi) is 6.19. The van der Waals surface area contributed by atoms with Crippen LogP contribution in [-0.2, 0) is 4.79 Å². The Morgan fingerprint density at radius 1 is 1.07 bits per heavy atom. The number of piperazine rings is 1. The van der Waals surface area contributed by atoms with Crippen LogP contribution < -0.4 is 14.4 Å². The third-order valence-electron chi connectivity index (χ3n) is 4.54. The summed E-state index contributed by atoms with van der Waals surface area (Å²) in [4.78, 5) is 20.6. The highest BCUT2D eigenvalue weighted by molar-refractivity contribution is 6.33. The van der Waals surface area contributed by atoms with Crippen molar-refractivity contribution >= 4 is 29.3 Å². The summed E-state index contributed by atoms with van der Waals surface area (Å²) in [6.07, 6.45) is 6.82. The molecule has 0 aliphatic carbocycles. The number of pyridine rings is 1. The molecule has 2 aromatic rings. The number of aromatic nitrogens is 1. The molecule has 1 aromatic carbocycles. The lowest BCUT2D eigenvalue weighted by molar-refractivity contribution is -0.126. The monoisotopic (exact) mass is 387 g/mol. The summed E-state index contributed by atoms with van der Waals surface area (Å²) in [5.41, 5.74) is 1.84. The molecule has 142 valence electrons. The molecular formula is C20H22ClN3O3. The van der Waals surface area contributed by atoms with Crippen molar-refractivity contribution in [3.05, 3.63) is 53.3 Å². The van der Waals surface area contributed by atoms with Gasteiger partial charge in [-0.3, -0.25) is 9.78 Å². The molecule has 7 heteroatoms. The van der Waals surface area contributed by atoms with Crippen molar-refractivity contribution in [1.82, 2.24) is 9.88 Å². The lowest BCUT2D eigenvalue weighted by Gasteiger charge is -2.35. The van der Waals surface area contributed by atoms with Crippen molar-refractivity contribution in [2.45, 2.75) is 0 Å². The van der Waals surface area contributed by atoms with Gasteiger partial charge in [-0.2, -0.15) is 0 Å². The van der Waals surface area contributed by atoms with E-state index in [-0.39, 0.29) is 5.91 Å². The zero-order valence-corrected chi connectivity index (χ0v) is 16.1. The molecule has 27 heavy (non-hydrogen) atoms. The summed E-state index contributed by atoms with van der Waals surface area (Å²) < 4.78 is 10.5. The second-order valence-corrected chi connectivity index (χ2v) is 6.43. The van der Waals surface area contributed by atoms with E-state index < -0.39 is 0 Å². The number of hydrogen-bond donors (Lipinski definition) is 0. The summed E-state index contributed by atoms with van der Waals surface area (Å²) in [6.45, 7) is 2.93. The van der Waals surface area contributed by atoms with Gasteiger partial charge in [0.05, 0.1) is 19.2 Å². The molecule has 6 nitrogen and oxygen atoms in total. The fourth-order valence-corrected chi connectivity index (χ4v) is 3.34. The first kappa shape index (κ1) is 19.0. The predicted octanol–water partition coefficient (Wildman–Crippen LogP) is 3.11. The van der Waals surface area contributed by atoms with E-state index in [9.17, 15) is 4.79 Å². The van der Waals surface area contributed by atoms with E-state index in [1.807, 2.05) is 17.0 Å². The highest BCUT2D eigenvalue weighted by atomic mass is 35.5. The standard InChI is InChI=1S/C20H22ClN3O3/c1-26-17-5-3-15(19(21)20(17)27-2)4-6-18(25)24-13-11-23(12-14-24)16-7-9-22-10-8-16/h3-10H,11-14H2,1-2H3. The van der Waals surface area contributed by atoms with Crippen LogP contribution in [0.25, 0.3) is 6.08 Å². The highest BCUT2D eigenvalue weighted by Gasteiger charge is 2.20. The number of anilines is 1. The number of rotatable bonds is 5. The normalized spacial score (nSPS) is 14.5. The summed E-state index contributed by atoms with van der Waals surface area (Å²) in [5.74, 6) is 0.980. The largest absolute Gasteiger partial charge is 0.493 e. The summed E-state index contributed by atoms with van der Waals surface area (Å²) in [6, 6.07) is 7.53. The van der Waals surface area contributed by atoms with Gasteiger partial charge in [-0.05, 0) is 35.9 Å². The second kappa shape index (κ2) is 8.77. The van der Waals surface area contributed by atoms with Gasteiger partial charge >= 0.3 is 0 Å². The molecule has 1 saturated heterocycles. The van der Waals surface area contributed by atoms with Crippen LogP contribution in [0.5, 0.6) is 11.5 Å². The number of methoxy groups -OCH3 is 2. The van der Waals surface area contributed by atoms with Crippen LogP contribution in [0.15, 0.2) is 42.7 Å². The van der Waals surface area contributed by atoms with Gasteiger partial charge in [-0.15, -0.1) is 0 Å². The molecule has 0 radical (unpaired) electrons. The maximum atomic E-state index is 12.5. The average Bonchev–Trinajstić information content (AvgIpc) is 2.73. The van der Waals surface area contributed by atoms with Crippen molar-refractivity contribution in [3.63, 3.8) is 0 Å². The van der Waals surface area contributed by atoms with E-state index in [2.05, 4.69) is 9.88 Å². The average molecular weight is 388 g/mol. The molecule has 1 aromatic heterocycles. The van der Waals surface area contributed by atoms with E-state index in [1.165, 1.54) is 7.11 Å². The minimum atomic E-state index is -0.0322. The van der Waals surface area contributed by atoms with Gasteiger partial charge in [-0.25, -0.2) is 0 Å². The first-order chi connectivity index (χ1) is 13.1. The van der Waals surface area contributed by atoms with Crippen molar-refractivity contribution in [1.29, 1.82) is 0 Å². The van der Waals surface area contributed by atoms with Crippen molar-refractivity contribution in [2.24, 2.45) is 0 Å². The predicted molar refractivity (Wildman–Crippen MR) is 107 cm³/mol. The fraction of sp³-hybridized carbons (Fsp3) is 0.300. The van der Waals surface area contributed by atoms with Gasteiger partial charge in [0.1, 0.15) is 0 Å². The number of benzene rings is 1. The minimum Gasteiger partial charge on any atom is -0.493 e. The molecule has 3 rings (SSSR count). The van der Waals surface area contributed by atoms with Crippen molar-refractivity contribution in [2.75, 3.05) is 45.3 Å². The molecule has 0 spiro atoms. The number of carbonyl (C=O) groups excluding carboxylic acids is 1. The maximum Gasteiger partial charge on any atom is 0.246 e. The number of amides is 1. The van der Waals surface area contributed by atoms with Gasteiger partial charge in [0.2, 0.25) is 5.91 Å². The number of carbonyl (C=O) groups is 1. The molecule has 1 fully saturated rings. The van der Waals surface area contributed by atoms with E-state index in [0.29, 0.717) is 35.2 Å². The Labute approximate surface area is 164 Å². The first-order valence-corrected chi connectivity index (χ1v) is 9.04. The Bertz CT molecular complexity index is 819. The zero-order valence-electron chi connectivity index (χ0n) is 15.4. The maximum absolute atomic E-state index is 12.5. The smallest absolute Gasteiger partial charge is 0.246 e. The quantitative estimate of drug-likeness (QED) is 0.738. The van der Waals surface area contributed by atoms with Crippen LogP contribution in [-0.4, -0.2) is 56.2 Å². The van der Waals surface area contributed by atoms with Crippen LogP contribution in [0.3, 0.4) is 0 Å². The van der Waals surface area contributed by atoms with E-state index in [4.69, 9.17) is 21.1 Å². The highest BCUT2D eigenvalue weighted by Crippen LogP contribution is 2.37. The molecule has 0 N–H and O–H groups in total. The van der Waals surface area contributed by atoms with Crippen LogP contribution in [0, 0.1) is 0 Å². The van der Waals surface area contributed by atoms with Crippen molar-refractivity contribution < 1.29 is 14.3 Å². The van der Waals surface area contributed by atoms with Gasteiger partial charge in [0, 0.05) is 50.3 Å². The molecule has 0 atom stereocenters. The van der Waals surface area contributed by atoms with Gasteiger partial charge < -0.3 is 19.3 Å². The molecule has 0 saturated carbocycles. The first-order valence-electron chi connectivity index (χ1n) is 8.66. The van der Waals surface area contributed by atoms with Gasteiger partial charge in [-0.1, -0.05) is 11.6 Å². The molecule has 1 aliphatic rings. The Morgan fingerprint density at radius 3 is 2.41 bits per heavy atom.